The molecule has 3 heteroatoms. The van der Waals surface area contributed by atoms with Crippen LogP contribution in [0.2, 0.25) is 0 Å². The Morgan fingerprint density at radius 1 is 1.28 bits per heavy atom. The lowest BCUT2D eigenvalue weighted by Gasteiger charge is -2.15. The molecule has 0 unspecified atom stereocenters. The number of quaternary nitrogens is 1. The van der Waals surface area contributed by atoms with Gasteiger partial charge in [-0.2, -0.15) is 0 Å². The monoisotopic (exact) mass is 247 g/mol. The number of nitrogens with zero attached hydrogens (tertiary/aromatic N) is 1. The molecular weight excluding hydrogens is 224 g/mol. The standard InChI is InChI=1S/C15H22N2O/c1-13(14-7-3-2-4-8-14)16-10-9-15(18)17-11-5-6-12-17/h2-4,7-8,13,16H,5-6,9-12H2,1H3/p+1/t13-/m1/s1. The number of hydrogen-bond acceptors (Lipinski definition) is 1. The quantitative estimate of drug-likeness (QED) is 0.837. The number of carbonyl (C=O) groups is 1. The number of nitrogens with two attached hydrogens (primary N) is 1. The van der Waals surface area contributed by atoms with Gasteiger partial charge in [-0.15, -0.1) is 0 Å². The molecule has 98 valence electrons. The SMILES string of the molecule is C[C@@H]([NH2+]CCC(=O)N1CCCC1)c1ccccc1. The van der Waals surface area contributed by atoms with E-state index in [1.165, 1.54) is 18.4 Å². The Kier molecular flexibility index (Phi) is 4.76. The minimum Gasteiger partial charge on any atom is -0.343 e. The molecule has 1 aliphatic heterocycles. The van der Waals surface area contributed by atoms with Crippen LogP contribution in [-0.4, -0.2) is 30.4 Å². The zero-order valence-corrected chi connectivity index (χ0v) is 11.1. The Bertz CT molecular complexity index is 371. The van der Waals surface area contributed by atoms with Gasteiger partial charge in [-0.05, 0) is 19.8 Å². The summed E-state index contributed by atoms with van der Waals surface area (Å²) in [6.07, 6.45) is 3.02. The molecule has 1 aromatic carbocycles. The van der Waals surface area contributed by atoms with E-state index in [0.29, 0.717) is 18.4 Å². The second-order valence-corrected chi connectivity index (χ2v) is 5.06. The largest absolute Gasteiger partial charge is 0.343 e. The average molecular weight is 247 g/mol. The first-order valence-corrected chi connectivity index (χ1v) is 6.93. The van der Waals surface area contributed by atoms with Gasteiger partial charge in [0.2, 0.25) is 5.91 Å². The molecule has 2 rings (SSSR count). The third-order valence-corrected chi connectivity index (χ3v) is 3.66. The first-order chi connectivity index (χ1) is 8.77. The van der Waals surface area contributed by atoms with Crippen LogP contribution in [0.4, 0.5) is 0 Å². The molecule has 3 nitrogen and oxygen atoms in total. The van der Waals surface area contributed by atoms with Crippen molar-refractivity contribution in [1.29, 1.82) is 0 Å². The van der Waals surface area contributed by atoms with Gasteiger partial charge in [-0.1, -0.05) is 30.3 Å². The van der Waals surface area contributed by atoms with Crippen molar-refractivity contribution in [1.82, 2.24) is 4.90 Å². The van der Waals surface area contributed by atoms with Gasteiger partial charge >= 0.3 is 0 Å². The Morgan fingerprint density at radius 3 is 2.61 bits per heavy atom. The summed E-state index contributed by atoms with van der Waals surface area (Å²) in [5.41, 5.74) is 1.33. The highest BCUT2D eigenvalue weighted by Crippen LogP contribution is 2.09. The van der Waals surface area contributed by atoms with Crippen LogP contribution in [0.25, 0.3) is 0 Å². The summed E-state index contributed by atoms with van der Waals surface area (Å²) in [6, 6.07) is 10.9. The Morgan fingerprint density at radius 2 is 1.94 bits per heavy atom. The number of likely N-dealkylation sites (tertiary alicyclic amines) is 1. The van der Waals surface area contributed by atoms with Gasteiger partial charge in [0.05, 0.1) is 13.0 Å². The van der Waals surface area contributed by atoms with E-state index in [-0.39, 0.29) is 0 Å². The molecule has 0 spiro atoms. The lowest BCUT2D eigenvalue weighted by atomic mass is 10.1. The molecule has 1 fully saturated rings. The van der Waals surface area contributed by atoms with Crippen molar-refractivity contribution >= 4 is 5.91 Å². The van der Waals surface area contributed by atoms with E-state index in [1.807, 2.05) is 11.0 Å². The summed E-state index contributed by atoms with van der Waals surface area (Å²) in [5, 5.41) is 2.25. The van der Waals surface area contributed by atoms with E-state index >= 15 is 0 Å². The molecule has 1 amide bonds. The fourth-order valence-electron chi connectivity index (χ4n) is 2.47. The number of hydrogen-bond donors (Lipinski definition) is 1. The lowest BCUT2D eigenvalue weighted by Crippen LogP contribution is -2.85. The Balaban J connectivity index is 1.70. The minimum absolute atomic E-state index is 0.323. The molecule has 0 aromatic heterocycles. The van der Waals surface area contributed by atoms with Crippen LogP contribution in [0.1, 0.15) is 37.8 Å². The highest BCUT2D eigenvalue weighted by atomic mass is 16.2. The second-order valence-electron chi connectivity index (χ2n) is 5.06. The fourth-order valence-corrected chi connectivity index (χ4v) is 2.47. The molecule has 1 atom stereocenters. The van der Waals surface area contributed by atoms with E-state index < -0.39 is 0 Å². The Hall–Kier alpha value is -1.35. The van der Waals surface area contributed by atoms with E-state index in [9.17, 15) is 4.79 Å². The number of rotatable bonds is 5. The van der Waals surface area contributed by atoms with E-state index in [0.717, 1.165) is 19.6 Å². The second kappa shape index (κ2) is 6.55. The van der Waals surface area contributed by atoms with Crippen molar-refractivity contribution in [2.24, 2.45) is 0 Å². The number of benzene rings is 1. The summed E-state index contributed by atoms with van der Waals surface area (Å²) < 4.78 is 0. The van der Waals surface area contributed by atoms with Crippen molar-refractivity contribution in [2.75, 3.05) is 19.6 Å². The molecule has 1 saturated heterocycles. The molecule has 18 heavy (non-hydrogen) atoms. The predicted octanol–water partition coefficient (Wildman–Crippen LogP) is 1.32. The number of carbonyl (C=O) groups excluding carboxylic acids is 1. The summed E-state index contributed by atoms with van der Waals surface area (Å²) >= 11 is 0. The molecule has 2 N–H and O–H groups in total. The van der Waals surface area contributed by atoms with Crippen molar-refractivity contribution in [3.8, 4) is 0 Å². The van der Waals surface area contributed by atoms with Crippen LogP contribution in [0.3, 0.4) is 0 Å². The van der Waals surface area contributed by atoms with Gasteiger partial charge in [-0.3, -0.25) is 4.79 Å². The van der Waals surface area contributed by atoms with Gasteiger partial charge in [0.25, 0.3) is 0 Å². The first-order valence-electron chi connectivity index (χ1n) is 6.93. The van der Waals surface area contributed by atoms with Crippen molar-refractivity contribution < 1.29 is 10.1 Å². The van der Waals surface area contributed by atoms with Gasteiger partial charge < -0.3 is 10.2 Å². The van der Waals surface area contributed by atoms with Crippen LogP contribution in [0, 0.1) is 0 Å². The maximum Gasteiger partial charge on any atom is 0.228 e. The highest BCUT2D eigenvalue weighted by Gasteiger charge is 2.18. The van der Waals surface area contributed by atoms with Crippen LogP contribution in [0.15, 0.2) is 30.3 Å². The highest BCUT2D eigenvalue weighted by molar-refractivity contribution is 5.76. The summed E-state index contributed by atoms with van der Waals surface area (Å²) in [5.74, 6) is 0.323. The minimum atomic E-state index is 0.323. The smallest absolute Gasteiger partial charge is 0.228 e. The summed E-state index contributed by atoms with van der Waals surface area (Å²) in [6.45, 7) is 5.00. The lowest BCUT2D eigenvalue weighted by molar-refractivity contribution is -0.691. The van der Waals surface area contributed by atoms with Crippen LogP contribution < -0.4 is 5.32 Å². The van der Waals surface area contributed by atoms with Crippen molar-refractivity contribution in [2.45, 2.75) is 32.2 Å². The zero-order chi connectivity index (χ0) is 12.8. The molecule has 1 aliphatic rings. The van der Waals surface area contributed by atoms with Gasteiger partial charge in [0.15, 0.2) is 0 Å². The van der Waals surface area contributed by atoms with E-state index in [1.54, 1.807) is 0 Å². The average Bonchev–Trinajstić information content (AvgIpc) is 2.93. The topological polar surface area (TPSA) is 36.9 Å². The summed E-state index contributed by atoms with van der Waals surface area (Å²) in [7, 11) is 0. The third-order valence-electron chi connectivity index (χ3n) is 3.66. The number of amides is 1. The molecule has 1 heterocycles. The van der Waals surface area contributed by atoms with E-state index in [4.69, 9.17) is 0 Å². The zero-order valence-electron chi connectivity index (χ0n) is 11.1. The summed E-state index contributed by atoms with van der Waals surface area (Å²) in [4.78, 5) is 13.9. The van der Waals surface area contributed by atoms with Crippen molar-refractivity contribution in [3.63, 3.8) is 0 Å². The van der Waals surface area contributed by atoms with Crippen LogP contribution in [-0.2, 0) is 4.79 Å². The van der Waals surface area contributed by atoms with E-state index in [2.05, 4.69) is 36.5 Å². The molecule has 0 saturated carbocycles. The van der Waals surface area contributed by atoms with Gasteiger partial charge in [-0.25, -0.2) is 0 Å². The maximum absolute atomic E-state index is 11.9. The van der Waals surface area contributed by atoms with Crippen LogP contribution in [0.5, 0.6) is 0 Å². The first kappa shape index (κ1) is 13.1. The molecule has 0 radical (unpaired) electrons. The normalized spacial score (nSPS) is 16.8. The maximum atomic E-state index is 11.9. The predicted molar refractivity (Wildman–Crippen MR) is 72.1 cm³/mol. The molecule has 0 bridgehead atoms. The molecule has 0 aliphatic carbocycles. The fraction of sp³-hybridized carbons (Fsp3) is 0.533. The Labute approximate surface area is 109 Å². The van der Waals surface area contributed by atoms with Gasteiger partial charge in [0.1, 0.15) is 6.04 Å². The van der Waals surface area contributed by atoms with Crippen LogP contribution >= 0.6 is 0 Å². The third kappa shape index (κ3) is 3.57. The van der Waals surface area contributed by atoms with Gasteiger partial charge in [0, 0.05) is 18.7 Å². The van der Waals surface area contributed by atoms with Crippen molar-refractivity contribution in [3.05, 3.63) is 35.9 Å². The molecule has 1 aromatic rings. The molecular formula is C15H23N2O+.